The first kappa shape index (κ1) is 16.6. The SMILES string of the molecule is CCOc1c(CC(N)CC)cc(Cl)cc1C1CCCCC1. The molecule has 2 nitrogen and oxygen atoms in total. The van der Waals surface area contributed by atoms with Gasteiger partial charge in [0.2, 0.25) is 0 Å². The Morgan fingerprint density at radius 2 is 1.95 bits per heavy atom. The molecule has 1 fully saturated rings. The van der Waals surface area contributed by atoms with Crippen LogP contribution in [0.4, 0.5) is 0 Å². The van der Waals surface area contributed by atoms with Gasteiger partial charge in [0.05, 0.1) is 6.61 Å². The maximum Gasteiger partial charge on any atom is 0.126 e. The van der Waals surface area contributed by atoms with E-state index in [2.05, 4.69) is 13.0 Å². The smallest absolute Gasteiger partial charge is 0.126 e. The molecule has 0 spiro atoms. The standard InChI is InChI=1S/C18H28ClNO/c1-3-16(20)11-14-10-15(19)12-17(18(14)21-4-2)13-8-6-5-7-9-13/h10,12-13,16H,3-9,11,20H2,1-2H3. The van der Waals surface area contributed by atoms with Gasteiger partial charge in [0.1, 0.15) is 5.75 Å². The molecule has 1 aromatic rings. The summed E-state index contributed by atoms with van der Waals surface area (Å²) in [7, 11) is 0. The fourth-order valence-electron chi connectivity index (χ4n) is 3.29. The van der Waals surface area contributed by atoms with Crippen LogP contribution in [0.5, 0.6) is 5.75 Å². The lowest BCUT2D eigenvalue weighted by Gasteiger charge is -2.26. The summed E-state index contributed by atoms with van der Waals surface area (Å²) < 4.78 is 6.01. The van der Waals surface area contributed by atoms with E-state index in [0.717, 1.165) is 23.6 Å². The van der Waals surface area contributed by atoms with Gasteiger partial charge in [-0.3, -0.25) is 0 Å². The van der Waals surface area contributed by atoms with Crippen molar-refractivity contribution in [1.29, 1.82) is 0 Å². The molecule has 0 aliphatic heterocycles. The van der Waals surface area contributed by atoms with Crippen LogP contribution in [-0.4, -0.2) is 12.6 Å². The molecule has 118 valence electrons. The van der Waals surface area contributed by atoms with E-state index in [1.54, 1.807) is 0 Å². The molecule has 2 N–H and O–H groups in total. The minimum absolute atomic E-state index is 0.168. The Bertz CT molecular complexity index is 455. The van der Waals surface area contributed by atoms with E-state index in [0.29, 0.717) is 12.5 Å². The molecule has 1 aromatic carbocycles. The van der Waals surface area contributed by atoms with Gasteiger partial charge in [-0.25, -0.2) is 0 Å². The Labute approximate surface area is 134 Å². The lowest BCUT2D eigenvalue weighted by atomic mass is 9.82. The average Bonchev–Trinajstić information content (AvgIpc) is 2.50. The van der Waals surface area contributed by atoms with Gasteiger partial charge in [0.25, 0.3) is 0 Å². The topological polar surface area (TPSA) is 35.2 Å². The highest BCUT2D eigenvalue weighted by molar-refractivity contribution is 6.30. The number of ether oxygens (including phenoxy) is 1. The zero-order valence-corrected chi connectivity index (χ0v) is 14.1. The number of halogens is 1. The minimum atomic E-state index is 0.168. The molecule has 0 amide bonds. The zero-order chi connectivity index (χ0) is 15.2. The van der Waals surface area contributed by atoms with Gasteiger partial charge < -0.3 is 10.5 Å². The van der Waals surface area contributed by atoms with E-state index in [1.807, 2.05) is 13.0 Å². The van der Waals surface area contributed by atoms with Crippen LogP contribution < -0.4 is 10.5 Å². The van der Waals surface area contributed by atoms with E-state index in [-0.39, 0.29) is 6.04 Å². The fourth-order valence-corrected chi connectivity index (χ4v) is 3.54. The maximum atomic E-state index is 6.37. The Kier molecular flexibility index (Phi) is 6.38. The summed E-state index contributed by atoms with van der Waals surface area (Å²) >= 11 is 6.37. The van der Waals surface area contributed by atoms with Gasteiger partial charge in [-0.05, 0) is 61.8 Å². The Balaban J connectivity index is 2.36. The van der Waals surface area contributed by atoms with Crippen molar-refractivity contribution in [2.45, 2.75) is 70.8 Å². The summed E-state index contributed by atoms with van der Waals surface area (Å²) in [6.45, 7) is 4.86. The molecule has 2 rings (SSSR count). The van der Waals surface area contributed by atoms with E-state index >= 15 is 0 Å². The summed E-state index contributed by atoms with van der Waals surface area (Å²) in [6.07, 6.45) is 8.29. The molecule has 3 heteroatoms. The molecule has 1 unspecified atom stereocenters. The third kappa shape index (κ3) is 4.37. The molecule has 1 atom stereocenters. The van der Waals surface area contributed by atoms with Gasteiger partial charge in [-0.1, -0.05) is 37.8 Å². The first-order valence-electron chi connectivity index (χ1n) is 8.36. The molecule has 0 aromatic heterocycles. The Morgan fingerprint density at radius 3 is 2.57 bits per heavy atom. The molecule has 21 heavy (non-hydrogen) atoms. The van der Waals surface area contributed by atoms with Gasteiger partial charge in [-0.15, -0.1) is 0 Å². The normalized spacial score (nSPS) is 17.7. The first-order valence-corrected chi connectivity index (χ1v) is 8.74. The predicted octanol–water partition coefficient (Wildman–Crippen LogP) is 5.07. The van der Waals surface area contributed by atoms with Gasteiger partial charge in [0.15, 0.2) is 0 Å². The molecule has 0 heterocycles. The molecule has 0 saturated heterocycles. The van der Waals surface area contributed by atoms with Crippen molar-refractivity contribution < 1.29 is 4.74 Å². The monoisotopic (exact) mass is 309 g/mol. The van der Waals surface area contributed by atoms with Gasteiger partial charge in [-0.2, -0.15) is 0 Å². The van der Waals surface area contributed by atoms with Crippen molar-refractivity contribution in [2.24, 2.45) is 5.73 Å². The van der Waals surface area contributed by atoms with Crippen LogP contribution in [0.2, 0.25) is 5.02 Å². The van der Waals surface area contributed by atoms with Crippen molar-refractivity contribution >= 4 is 11.6 Å². The molecular formula is C18H28ClNO. The van der Waals surface area contributed by atoms with Crippen LogP contribution in [0.25, 0.3) is 0 Å². The largest absolute Gasteiger partial charge is 0.493 e. The number of hydrogen-bond donors (Lipinski definition) is 1. The van der Waals surface area contributed by atoms with Crippen molar-refractivity contribution in [3.05, 3.63) is 28.3 Å². The van der Waals surface area contributed by atoms with Crippen molar-refractivity contribution in [3.63, 3.8) is 0 Å². The maximum absolute atomic E-state index is 6.37. The second-order valence-corrected chi connectivity index (χ2v) is 6.56. The van der Waals surface area contributed by atoms with Crippen LogP contribution in [0.1, 0.15) is 69.4 Å². The zero-order valence-electron chi connectivity index (χ0n) is 13.3. The number of rotatable bonds is 6. The average molecular weight is 310 g/mol. The summed E-state index contributed by atoms with van der Waals surface area (Å²) in [5.41, 5.74) is 8.64. The molecule has 1 aliphatic rings. The second-order valence-electron chi connectivity index (χ2n) is 6.12. The summed E-state index contributed by atoms with van der Waals surface area (Å²) in [6, 6.07) is 4.32. The predicted molar refractivity (Wildman–Crippen MR) is 90.4 cm³/mol. The van der Waals surface area contributed by atoms with Crippen LogP contribution in [0.3, 0.4) is 0 Å². The van der Waals surface area contributed by atoms with Crippen LogP contribution in [-0.2, 0) is 6.42 Å². The molecule has 1 aliphatic carbocycles. The van der Waals surface area contributed by atoms with E-state index in [9.17, 15) is 0 Å². The summed E-state index contributed by atoms with van der Waals surface area (Å²) in [5.74, 6) is 1.65. The summed E-state index contributed by atoms with van der Waals surface area (Å²) in [4.78, 5) is 0. The Hall–Kier alpha value is -0.730. The first-order chi connectivity index (χ1) is 10.2. The highest BCUT2D eigenvalue weighted by Crippen LogP contribution is 2.41. The van der Waals surface area contributed by atoms with E-state index in [1.165, 1.54) is 43.2 Å². The number of nitrogens with two attached hydrogens (primary N) is 1. The molecule has 1 saturated carbocycles. The third-order valence-electron chi connectivity index (χ3n) is 4.50. The lowest BCUT2D eigenvalue weighted by Crippen LogP contribution is -2.22. The van der Waals surface area contributed by atoms with E-state index in [4.69, 9.17) is 22.1 Å². The third-order valence-corrected chi connectivity index (χ3v) is 4.72. The minimum Gasteiger partial charge on any atom is -0.493 e. The lowest BCUT2D eigenvalue weighted by molar-refractivity contribution is 0.323. The number of hydrogen-bond acceptors (Lipinski definition) is 2. The fraction of sp³-hybridized carbons (Fsp3) is 0.667. The second kappa shape index (κ2) is 8.05. The van der Waals surface area contributed by atoms with Crippen LogP contribution in [0, 0.1) is 0 Å². The Morgan fingerprint density at radius 1 is 1.24 bits per heavy atom. The van der Waals surface area contributed by atoms with Crippen LogP contribution in [0.15, 0.2) is 12.1 Å². The highest BCUT2D eigenvalue weighted by atomic mass is 35.5. The summed E-state index contributed by atoms with van der Waals surface area (Å²) in [5, 5.41) is 0.817. The quantitative estimate of drug-likeness (QED) is 0.796. The van der Waals surface area contributed by atoms with Crippen molar-refractivity contribution in [3.8, 4) is 5.75 Å². The molecule has 0 bridgehead atoms. The molecular weight excluding hydrogens is 282 g/mol. The van der Waals surface area contributed by atoms with Gasteiger partial charge >= 0.3 is 0 Å². The number of benzene rings is 1. The van der Waals surface area contributed by atoms with E-state index < -0.39 is 0 Å². The van der Waals surface area contributed by atoms with Crippen LogP contribution >= 0.6 is 11.6 Å². The van der Waals surface area contributed by atoms with Gasteiger partial charge in [0, 0.05) is 11.1 Å². The van der Waals surface area contributed by atoms with Crippen molar-refractivity contribution in [2.75, 3.05) is 6.61 Å². The van der Waals surface area contributed by atoms with Crippen molar-refractivity contribution in [1.82, 2.24) is 0 Å². The molecule has 0 radical (unpaired) electrons. The highest BCUT2D eigenvalue weighted by Gasteiger charge is 2.22.